The summed E-state index contributed by atoms with van der Waals surface area (Å²) in [5.41, 5.74) is 8.90. The van der Waals surface area contributed by atoms with Gasteiger partial charge in [0.2, 0.25) is 12.0 Å². The van der Waals surface area contributed by atoms with Crippen LogP contribution in [0.2, 0.25) is 10.0 Å². The first-order valence-electron chi connectivity index (χ1n) is 19.6. The molecule has 0 bridgehead atoms. The molecule has 304 valence electrons. The summed E-state index contributed by atoms with van der Waals surface area (Å²) in [5.74, 6) is -0.0228. The lowest BCUT2D eigenvalue weighted by Gasteiger charge is -2.37. The molecule has 2 N–H and O–H groups in total. The fraction of sp³-hybridized carbons (Fsp3) is 0.208. The maximum absolute atomic E-state index is 14.3. The maximum atomic E-state index is 14.3. The number of methoxy groups -OCH3 is 1. The Bertz CT molecular complexity index is 2520. The van der Waals surface area contributed by atoms with Crippen molar-refractivity contribution in [3.8, 4) is 22.6 Å². The van der Waals surface area contributed by atoms with Crippen molar-refractivity contribution in [2.75, 3.05) is 12.4 Å². The number of nitrogens with one attached hydrogen (secondary N) is 2. The van der Waals surface area contributed by atoms with E-state index < -0.39 is 24.2 Å². The number of benzene rings is 5. The van der Waals surface area contributed by atoms with Crippen LogP contribution in [0.3, 0.4) is 0 Å². The molecule has 3 heterocycles. The molecule has 1 aromatic heterocycles. The number of aryl methyl sites for hydroxylation is 1. The second-order valence-corrected chi connectivity index (χ2v) is 15.8. The van der Waals surface area contributed by atoms with Gasteiger partial charge in [-0.3, -0.25) is 19.5 Å². The van der Waals surface area contributed by atoms with Crippen LogP contribution in [0, 0.1) is 6.92 Å². The van der Waals surface area contributed by atoms with Gasteiger partial charge in [-0.05, 0) is 95.3 Å². The number of carbonyl (C=O) groups is 3. The first-order chi connectivity index (χ1) is 29.1. The van der Waals surface area contributed by atoms with Crippen LogP contribution in [-0.2, 0) is 51.7 Å². The summed E-state index contributed by atoms with van der Waals surface area (Å²) in [6, 6.07) is 36.7. The number of rotatable bonds is 12. The maximum Gasteiger partial charge on any atom is 0.328 e. The van der Waals surface area contributed by atoms with Crippen LogP contribution in [0.1, 0.15) is 45.2 Å². The first-order valence-corrected chi connectivity index (χ1v) is 20.3. The fourth-order valence-corrected chi connectivity index (χ4v) is 7.86. The summed E-state index contributed by atoms with van der Waals surface area (Å²) in [4.78, 5) is 47.5. The number of hydrogen-bond acceptors (Lipinski definition) is 8. The van der Waals surface area contributed by atoms with Crippen LogP contribution < -0.4 is 20.1 Å². The molecule has 2 aliphatic rings. The zero-order valence-corrected chi connectivity index (χ0v) is 34.5. The Morgan fingerprint density at radius 3 is 2.32 bits per heavy atom. The largest absolute Gasteiger partial charge is 0.489 e. The number of aromatic nitrogens is 1. The lowest BCUT2D eigenvalue weighted by molar-refractivity contribution is -0.146. The van der Waals surface area contributed by atoms with E-state index in [4.69, 9.17) is 37.4 Å². The van der Waals surface area contributed by atoms with Gasteiger partial charge in [-0.1, -0.05) is 102 Å². The lowest BCUT2D eigenvalue weighted by Crippen LogP contribution is -2.54. The Morgan fingerprint density at radius 2 is 1.62 bits per heavy atom. The third-order valence-electron chi connectivity index (χ3n) is 10.8. The average Bonchev–Trinajstić information content (AvgIpc) is 3.26. The molecule has 0 aliphatic carbocycles. The predicted octanol–water partition coefficient (Wildman–Crippen LogP) is 8.84. The van der Waals surface area contributed by atoms with Crippen molar-refractivity contribution in [3.05, 3.63) is 177 Å². The van der Waals surface area contributed by atoms with Crippen molar-refractivity contribution < 1.29 is 28.6 Å². The highest BCUT2D eigenvalue weighted by atomic mass is 35.5. The topological polar surface area (TPSA) is 119 Å². The Labute approximate surface area is 358 Å². The molecule has 3 unspecified atom stereocenters. The van der Waals surface area contributed by atoms with Gasteiger partial charge >= 0.3 is 5.97 Å². The normalized spacial score (nSPS) is 16.4. The Balaban J connectivity index is 0.984. The van der Waals surface area contributed by atoms with Crippen LogP contribution in [-0.4, -0.2) is 46.9 Å². The summed E-state index contributed by atoms with van der Waals surface area (Å²) < 4.78 is 17.5. The van der Waals surface area contributed by atoms with E-state index in [1.54, 1.807) is 42.6 Å². The van der Waals surface area contributed by atoms with E-state index in [1.807, 2.05) is 65.6 Å². The number of hydrogen-bond donors (Lipinski definition) is 2. The summed E-state index contributed by atoms with van der Waals surface area (Å²) in [5, 5.41) is 6.97. The van der Waals surface area contributed by atoms with E-state index in [9.17, 15) is 14.4 Å². The summed E-state index contributed by atoms with van der Waals surface area (Å²) in [7, 11) is 1.32. The number of halogens is 2. The molecule has 0 radical (unpaired) electrons. The van der Waals surface area contributed by atoms with Crippen LogP contribution in [0.5, 0.6) is 11.5 Å². The van der Waals surface area contributed by atoms with Crippen molar-refractivity contribution >= 4 is 46.7 Å². The highest BCUT2D eigenvalue weighted by Gasteiger charge is 2.37. The summed E-state index contributed by atoms with van der Waals surface area (Å²) in [6.45, 7) is 3.13. The minimum Gasteiger partial charge on any atom is -0.489 e. The minimum absolute atomic E-state index is 0.253. The first kappa shape index (κ1) is 40.6. The Hall–Kier alpha value is -6.20. The standard InChI is InChI=1S/C48H42Cl2N4O6/c1-29-6-11-32(12-7-29)33-13-8-30(9-14-33)22-42(48(57)58-2)53-46(55)43-24-35-23-41-44(25-36(35)26-54(43)27-37-5-3-4-20-51-37)60-45(47(56)52-41)34-15-17-38(18-16-34)59-28-31-10-19-39(49)40(50)21-31/h3-21,23,25,42-43,45H,22,24,26-28H2,1-2H3,(H,52,56)(H,53,55). The van der Waals surface area contributed by atoms with Crippen LogP contribution in [0.4, 0.5) is 5.69 Å². The highest BCUT2D eigenvalue weighted by molar-refractivity contribution is 6.42. The molecule has 6 aromatic rings. The fourth-order valence-electron chi connectivity index (χ4n) is 7.54. The molecule has 2 aliphatic heterocycles. The Kier molecular flexibility index (Phi) is 12.1. The van der Waals surface area contributed by atoms with E-state index in [-0.39, 0.29) is 18.2 Å². The molecule has 10 nitrogen and oxygen atoms in total. The van der Waals surface area contributed by atoms with Gasteiger partial charge in [0, 0.05) is 31.3 Å². The molecule has 2 amide bonds. The molecule has 60 heavy (non-hydrogen) atoms. The van der Waals surface area contributed by atoms with Gasteiger partial charge in [-0.2, -0.15) is 0 Å². The summed E-state index contributed by atoms with van der Waals surface area (Å²) in [6.07, 6.45) is 1.41. The van der Waals surface area contributed by atoms with E-state index in [2.05, 4.69) is 46.8 Å². The van der Waals surface area contributed by atoms with Crippen LogP contribution in [0.15, 0.2) is 128 Å². The van der Waals surface area contributed by atoms with Gasteiger partial charge in [-0.15, -0.1) is 0 Å². The van der Waals surface area contributed by atoms with E-state index >= 15 is 0 Å². The zero-order chi connectivity index (χ0) is 41.8. The van der Waals surface area contributed by atoms with Gasteiger partial charge in [0.15, 0.2) is 0 Å². The molecule has 0 saturated heterocycles. The van der Waals surface area contributed by atoms with Gasteiger partial charge < -0.3 is 24.8 Å². The number of ether oxygens (including phenoxy) is 3. The van der Waals surface area contributed by atoms with Gasteiger partial charge in [0.25, 0.3) is 5.91 Å². The number of carbonyl (C=O) groups excluding carboxylic acids is 3. The Morgan fingerprint density at radius 1 is 0.883 bits per heavy atom. The van der Waals surface area contributed by atoms with Crippen molar-refractivity contribution in [3.63, 3.8) is 0 Å². The third kappa shape index (κ3) is 9.31. The molecule has 0 saturated carbocycles. The predicted molar refractivity (Wildman–Crippen MR) is 231 cm³/mol. The number of esters is 1. The second-order valence-electron chi connectivity index (χ2n) is 15.0. The van der Waals surface area contributed by atoms with Crippen molar-refractivity contribution in [2.45, 2.75) is 57.6 Å². The number of fused-ring (bicyclic) bond motifs is 2. The molecule has 0 fully saturated rings. The van der Waals surface area contributed by atoms with Crippen molar-refractivity contribution in [2.24, 2.45) is 0 Å². The number of anilines is 1. The minimum atomic E-state index is -0.915. The van der Waals surface area contributed by atoms with E-state index in [0.29, 0.717) is 58.9 Å². The third-order valence-corrected chi connectivity index (χ3v) is 11.6. The van der Waals surface area contributed by atoms with E-state index in [1.165, 1.54) is 12.7 Å². The van der Waals surface area contributed by atoms with Gasteiger partial charge in [0.05, 0.1) is 34.6 Å². The SMILES string of the molecule is COC(=O)C(Cc1ccc(-c2ccc(C)cc2)cc1)NC(=O)C1Cc2cc3c(cc2CN1Cc1ccccn1)OC(c1ccc(OCc2ccc(Cl)c(Cl)c2)cc1)C(=O)N3. The van der Waals surface area contributed by atoms with Gasteiger partial charge in [-0.25, -0.2) is 4.79 Å². The zero-order valence-electron chi connectivity index (χ0n) is 33.0. The van der Waals surface area contributed by atoms with Crippen LogP contribution >= 0.6 is 23.2 Å². The number of amides is 2. The second kappa shape index (κ2) is 18.0. The van der Waals surface area contributed by atoms with E-state index in [0.717, 1.165) is 39.1 Å². The molecule has 0 spiro atoms. The van der Waals surface area contributed by atoms with Crippen molar-refractivity contribution in [1.82, 2.24) is 15.2 Å². The van der Waals surface area contributed by atoms with Gasteiger partial charge in [0.1, 0.15) is 24.1 Å². The van der Waals surface area contributed by atoms with Crippen LogP contribution in [0.25, 0.3) is 11.1 Å². The molecular formula is C48H42Cl2N4O6. The monoisotopic (exact) mass is 840 g/mol. The lowest BCUT2D eigenvalue weighted by atomic mass is 9.91. The molecule has 12 heteroatoms. The molecule has 5 aromatic carbocycles. The highest BCUT2D eigenvalue weighted by Crippen LogP contribution is 2.40. The quantitative estimate of drug-likeness (QED) is 0.117. The number of nitrogens with zero attached hydrogens (tertiary/aromatic N) is 2. The number of pyridine rings is 1. The van der Waals surface area contributed by atoms with Crippen molar-refractivity contribution in [1.29, 1.82) is 0 Å². The molecular weight excluding hydrogens is 799 g/mol. The molecule has 3 atom stereocenters. The smallest absolute Gasteiger partial charge is 0.328 e. The average molecular weight is 842 g/mol. The summed E-state index contributed by atoms with van der Waals surface area (Å²) >= 11 is 12.2. The molecule has 8 rings (SSSR count).